The van der Waals surface area contributed by atoms with Gasteiger partial charge in [-0.25, -0.2) is 0 Å². The van der Waals surface area contributed by atoms with E-state index in [1.54, 1.807) is 0 Å². The lowest BCUT2D eigenvalue weighted by atomic mass is 9.82. The molecule has 0 radical (unpaired) electrons. The third kappa shape index (κ3) is 3.55. The lowest BCUT2D eigenvalue weighted by Gasteiger charge is -2.24. The van der Waals surface area contributed by atoms with Crippen molar-refractivity contribution in [2.75, 3.05) is 11.9 Å². The molecule has 1 saturated carbocycles. The zero-order chi connectivity index (χ0) is 18.0. The first-order chi connectivity index (χ1) is 12.0. The third-order valence-electron chi connectivity index (χ3n) is 5.27. The van der Waals surface area contributed by atoms with Crippen LogP contribution >= 0.6 is 0 Å². The van der Waals surface area contributed by atoms with E-state index in [2.05, 4.69) is 12.2 Å². The Morgan fingerprint density at radius 3 is 2.60 bits per heavy atom. The summed E-state index contributed by atoms with van der Waals surface area (Å²) in [7, 11) is 0. The van der Waals surface area contributed by atoms with Gasteiger partial charge in [0.2, 0.25) is 5.91 Å². The molecule has 5 heteroatoms. The molecule has 2 aliphatic carbocycles. The van der Waals surface area contributed by atoms with Gasteiger partial charge in [0.05, 0.1) is 18.4 Å². The largest absolute Gasteiger partial charge is 0.494 e. The van der Waals surface area contributed by atoms with Gasteiger partial charge in [-0.15, -0.1) is 0 Å². The van der Waals surface area contributed by atoms with E-state index in [0.717, 1.165) is 30.6 Å². The number of carbonyl (C=O) groups excluding carboxylic acids is 1. The van der Waals surface area contributed by atoms with Crippen LogP contribution in [0.15, 0.2) is 30.4 Å². The number of anilines is 1. The Kier molecular flexibility index (Phi) is 5.11. The molecule has 1 fully saturated rings. The fourth-order valence-electron chi connectivity index (χ4n) is 3.93. The highest BCUT2D eigenvalue weighted by Crippen LogP contribution is 2.48. The van der Waals surface area contributed by atoms with Crippen LogP contribution in [-0.4, -0.2) is 23.6 Å². The van der Waals surface area contributed by atoms with E-state index >= 15 is 0 Å². The number of carbonyl (C=O) groups is 2. The fourth-order valence-corrected chi connectivity index (χ4v) is 3.93. The molecular formula is C20H25NO4. The van der Waals surface area contributed by atoms with Gasteiger partial charge in [0.15, 0.2) is 0 Å². The zero-order valence-electron chi connectivity index (χ0n) is 14.7. The van der Waals surface area contributed by atoms with Crippen molar-refractivity contribution in [3.63, 3.8) is 0 Å². The monoisotopic (exact) mass is 343 g/mol. The number of hydrogen-bond donors (Lipinski definition) is 2. The van der Waals surface area contributed by atoms with Crippen LogP contribution in [-0.2, 0) is 9.59 Å². The van der Waals surface area contributed by atoms with Crippen LogP contribution in [0.4, 0.5) is 5.69 Å². The maximum absolute atomic E-state index is 12.7. The first-order valence-electron chi connectivity index (χ1n) is 8.96. The maximum atomic E-state index is 12.7. The Balaban J connectivity index is 1.68. The van der Waals surface area contributed by atoms with Crippen molar-refractivity contribution in [3.05, 3.63) is 35.9 Å². The smallest absolute Gasteiger partial charge is 0.307 e. The molecule has 4 atom stereocenters. The number of allylic oxidation sites excluding steroid dienone is 2. The minimum absolute atomic E-state index is 0.0197. The standard InChI is InChI=1S/C20H25NO4/c1-3-4-9-25-15-7-8-16(12(2)10-15)21-19(22)17-13-5-6-14(11-13)18(17)20(23)24/h5-8,10,13-14,17-18H,3-4,9,11H2,1-2H3,(H,21,22)(H,23,24). The summed E-state index contributed by atoms with van der Waals surface area (Å²) in [5.41, 5.74) is 1.62. The number of rotatable bonds is 7. The number of unbranched alkanes of at least 4 members (excludes halogenated alkanes) is 1. The predicted octanol–water partition coefficient (Wildman–Crippen LogP) is 3.64. The van der Waals surface area contributed by atoms with Gasteiger partial charge in [0, 0.05) is 5.69 Å². The Morgan fingerprint density at radius 1 is 1.24 bits per heavy atom. The molecule has 2 aliphatic rings. The molecule has 25 heavy (non-hydrogen) atoms. The summed E-state index contributed by atoms with van der Waals surface area (Å²) in [5.74, 6) is -1.40. The molecular weight excluding hydrogens is 318 g/mol. The second-order valence-electron chi connectivity index (χ2n) is 7.01. The summed E-state index contributed by atoms with van der Waals surface area (Å²) < 4.78 is 5.68. The Morgan fingerprint density at radius 2 is 1.96 bits per heavy atom. The molecule has 134 valence electrons. The summed E-state index contributed by atoms with van der Waals surface area (Å²) in [6.45, 7) is 4.71. The minimum Gasteiger partial charge on any atom is -0.494 e. The summed E-state index contributed by atoms with van der Waals surface area (Å²) in [5, 5.41) is 12.4. The van der Waals surface area contributed by atoms with Gasteiger partial charge < -0.3 is 15.2 Å². The average molecular weight is 343 g/mol. The Labute approximate surface area is 148 Å². The number of aryl methyl sites for hydroxylation is 1. The van der Waals surface area contributed by atoms with E-state index in [-0.39, 0.29) is 17.7 Å². The predicted molar refractivity (Wildman–Crippen MR) is 95.6 cm³/mol. The molecule has 0 aliphatic heterocycles. The van der Waals surface area contributed by atoms with Crippen LogP contribution in [0.5, 0.6) is 5.75 Å². The molecule has 2 N–H and O–H groups in total. The van der Waals surface area contributed by atoms with Crippen LogP contribution in [0.1, 0.15) is 31.7 Å². The van der Waals surface area contributed by atoms with E-state index in [1.165, 1.54) is 0 Å². The van der Waals surface area contributed by atoms with E-state index in [1.807, 2.05) is 37.3 Å². The highest BCUT2D eigenvalue weighted by atomic mass is 16.5. The first kappa shape index (κ1) is 17.5. The first-order valence-corrected chi connectivity index (χ1v) is 8.96. The van der Waals surface area contributed by atoms with Gasteiger partial charge in [-0.2, -0.15) is 0 Å². The molecule has 0 spiro atoms. The highest BCUT2D eigenvalue weighted by molar-refractivity contribution is 5.97. The normalized spacial score (nSPS) is 26.6. The zero-order valence-corrected chi connectivity index (χ0v) is 14.7. The minimum atomic E-state index is -0.881. The molecule has 3 rings (SSSR count). The van der Waals surface area contributed by atoms with E-state index in [0.29, 0.717) is 12.3 Å². The van der Waals surface area contributed by atoms with Crippen LogP contribution in [0.25, 0.3) is 0 Å². The van der Waals surface area contributed by atoms with Crippen molar-refractivity contribution in [1.29, 1.82) is 0 Å². The number of hydrogen-bond acceptors (Lipinski definition) is 3. The molecule has 1 aromatic carbocycles. The summed E-state index contributed by atoms with van der Waals surface area (Å²) in [6.07, 6.45) is 6.78. The van der Waals surface area contributed by atoms with Crippen molar-refractivity contribution in [2.24, 2.45) is 23.7 Å². The number of ether oxygens (including phenoxy) is 1. The van der Waals surface area contributed by atoms with Crippen molar-refractivity contribution >= 4 is 17.6 Å². The number of fused-ring (bicyclic) bond motifs is 2. The lowest BCUT2D eigenvalue weighted by Crippen LogP contribution is -2.36. The van der Waals surface area contributed by atoms with E-state index in [9.17, 15) is 14.7 Å². The SMILES string of the molecule is CCCCOc1ccc(NC(=O)C2C3C=CC(C3)C2C(=O)O)c(C)c1. The van der Waals surface area contributed by atoms with Gasteiger partial charge in [0.1, 0.15) is 5.75 Å². The number of aliphatic carboxylic acids is 1. The van der Waals surface area contributed by atoms with Crippen molar-refractivity contribution in [3.8, 4) is 5.75 Å². The van der Waals surface area contributed by atoms with Crippen molar-refractivity contribution in [1.82, 2.24) is 0 Å². The van der Waals surface area contributed by atoms with Crippen LogP contribution in [0.2, 0.25) is 0 Å². The Hall–Kier alpha value is -2.30. The fraction of sp³-hybridized carbons (Fsp3) is 0.500. The molecule has 1 aromatic rings. The third-order valence-corrected chi connectivity index (χ3v) is 5.27. The van der Waals surface area contributed by atoms with Crippen molar-refractivity contribution in [2.45, 2.75) is 33.1 Å². The molecule has 1 amide bonds. The number of benzene rings is 1. The molecule has 0 aromatic heterocycles. The number of nitrogens with one attached hydrogen (secondary N) is 1. The number of amides is 1. The van der Waals surface area contributed by atoms with Crippen LogP contribution in [0.3, 0.4) is 0 Å². The second-order valence-corrected chi connectivity index (χ2v) is 7.01. The summed E-state index contributed by atoms with van der Waals surface area (Å²) in [6, 6.07) is 5.57. The van der Waals surface area contributed by atoms with Crippen molar-refractivity contribution < 1.29 is 19.4 Å². The van der Waals surface area contributed by atoms with E-state index < -0.39 is 17.8 Å². The molecule has 5 nitrogen and oxygen atoms in total. The maximum Gasteiger partial charge on any atom is 0.307 e. The molecule has 2 bridgehead atoms. The summed E-state index contributed by atoms with van der Waals surface area (Å²) >= 11 is 0. The van der Waals surface area contributed by atoms with E-state index in [4.69, 9.17) is 4.74 Å². The Bertz CT molecular complexity index is 697. The van der Waals surface area contributed by atoms with Crippen LogP contribution < -0.4 is 10.1 Å². The number of carboxylic acid groups (broad SMARTS) is 1. The average Bonchev–Trinajstić information content (AvgIpc) is 3.18. The van der Waals surface area contributed by atoms with Gasteiger partial charge in [0.25, 0.3) is 0 Å². The van der Waals surface area contributed by atoms with Gasteiger partial charge in [-0.3, -0.25) is 9.59 Å². The molecule has 4 unspecified atom stereocenters. The number of carboxylic acids is 1. The quantitative estimate of drug-likeness (QED) is 0.585. The summed E-state index contributed by atoms with van der Waals surface area (Å²) in [4.78, 5) is 24.3. The second kappa shape index (κ2) is 7.30. The van der Waals surface area contributed by atoms with Gasteiger partial charge in [-0.1, -0.05) is 25.5 Å². The topological polar surface area (TPSA) is 75.6 Å². The van der Waals surface area contributed by atoms with Crippen LogP contribution in [0, 0.1) is 30.6 Å². The van der Waals surface area contributed by atoms with Gasteiger partial charge in [-0.05, 0) is 55.4 Å². The molecule has 0 saturated heterocycles. The lowest BCUT2D eigenvalue weighted by molar-refractivity contribution is -0.146. The molecule has 0 heterocycles. The van der Waals surface area contributed by atoms with Gasteiger partial charge >= 0.3 is 5.97 Å². The highest BCUT2D eigenvalue weighted by Gasteiger charge is 2.51.